The number of halogens is 2. The van der Waals surface area contributed by atoms with Crippen LogP contribution in [0, 0.1) is 71.5 Å². The third kappa shape index (κ3) is 16.6. The highest BCUT2D eigenvalue weighted by Gasteiger charge is 2.50. The molecule has 8 heteroatoms. The van der Waals surface area contributed by atoms with Crippen LogP contribution in [0.25, 0.3) is 11.4 Å². The molecular weight excluding hydrogens is 933 g/mol. The zero-order valence-corrected chi connectivity index (χ0v) is 42.3. The summed E-state index contributed by atoms with van der Waals surface area (Å²) in [4.78, 5) is 36.1. The molecule has 2 aliphatic rings. The highest BCUT2D eigenvalue weighted by atomic mass is 79.9. The van der Waals surface area contributed by atoms with E-state index in [0.29, 0.717) is 35.9 Å². The first-order valence-electron chi connectivity index (χ1n) is 23.4. The minimum absolute atomic E-state index is 0.0605. The predicted molar refractivity (Wildman–Crippen MR) is 271 cm³/mol. The maximum Gasteiger partial charge on any atom is 0.261 e. The summed E-state index contributed by atoms with van der Waals surface area (Å²) in [6.45, 7) is 7.76. The molecule has 0 spiro atoms. The fourth-order valence-electron chi connectivity index (χ4n) is 8.44. The molecule has 2 unspecified atom stereocenters. The van der Waals surface area contributed by atoms with Gasteiger partial charge < -0.3 is 9.80 Å². The number of hydrogen-bond acceptors (Lipinski definition) is 4. The van der Waals surface area contributed by atoms with E-state index >= 15 is 9.59 Å². The molecule has 0 saturated heterocycles. The molecule has 2 amide bonds. The van der Waals surface area contributed by atoms with Crippen LogP contribution in [0.5, 0.6) is 0 Å². The van der Waals surface area contributed by atoms with E-state index in [9.17, 15) is 0 Å². The summed E-state index contributed by atoms with van der Waals surface area (Å²) in [5.41, 5.74) is 2.53. The third-order valence-corrected chi connectivity index (χ3v) is 15.0. The van der Waals surface area contributed by atoms with E-state index in [1.807, 2.05) is 28.0 Å². The molecule has 0 N–H and O–H groups in total. The van der Waals surface area contributed by atoms with Gasteiger partial charge in [-0.1, -0.05) is 155 Å². The van der Waals surface area contributed by atoms with Gasteiger partial charge in [-0.3, -0.25) is 9.59 Å². The number of rotatable bonds is 29. The van der Waals surface area contributed by atoms with Crippen LogP contribution in [0.3, 0.4) is 0 Å². The fourth-order valence-corrected chi connectivity index (χ4v) is 11.3. The predicted octanol–water partition coefficient (Wildman–Crippen LogP) is 15.1. The largest absolute Gasteiger partial charge is 0.306 e. The minimum Gasteiger partial charge on any atom is -0.306 e. The lowest BCUT2D eigenvalue weighted by Gasteiger charge is -2.28. The van der Waals surface area contributed by atoms with E-state index in [4.69, 9.17) is 6.42 Å². The van der Waals surface area contributed by atoms with Crippen LogP contribution in [-0.4, -0.2) is 34.7 Å². The van der Waals surface area contributed by atoms with Crippen LogP contribution >= 0.6 is 54.5 Å². The highest BCUT2D eigenvalue weighted by molar-refractivity contribution is 9.11. The number of unbranched alkanes of at least 4 members (excludes halogenated alkanes) is 17. The van der Waals surface area contributed by atoms with Crippen molar-refractivity contribution >= 4 is 77.7 Å². The molecule has 2 atom stereocenters. The van der Waals surface area contributed by atoms with E-state index in [0.717, 1.165) is 55.1 Å². The van der Waals surface area contributed by atoms with Crippen molar-refractivity contribution in [3.63, 3.8) is 0 Å². The van der Waals surface area contributed by atoms with Crippen molar-refractivity contribution in [1.82, 2.24) is 9.80 Å². The van der Waals surface area contributed by atoms with Gasteiger partial charge in [-0.05, 0) is 129 Å². The molecule has 4 heterocycles. The summed E-state index contributed by atoms with van der Waals surface area (Å²) in [7, 11) is 0. The van der Waals surface area contributed by atoms with Gasteiger partial charge >= 0.3 is 0 Å². The summed E-state index contributed by atoms with van der Waals surface area (Å²) < 4.78 is 1.92. The Kier molecular flexibility index (Phi) is 24.7. The first-order valence-corrected chi connectivity index (χ1v) is 26.7. The molecular formula is C54H66Br2N2O2S2. The van der Waals surface area contributed by atoms with E-state index in [-0.39, 0.29) is 17.7 Å². The lowest BCUT2D eigenvalue weighted by molar-refractivity contribution is -0.124. The number of carbonyl (C=O) groups excluding carboxylic acids is 2. The van der Waals surface area contributed by atoms with Gasteiger partial charge in [-0.25, -0.2) is 0 Å². The number of hydrogen-bond donors (Lipinski definition) is 0. The summed E-state index contributed by atoms with van der Waals surface area (Å²) >= 11 is 10.5. The Morgan fingerprint density at radius 2 is 0.903 bits per heavy atom. The average molecular weight is 999 g/mol. The van der Waals surface area contributed by atoms with Crippen molar-refractivity contribution in [3.05, 3.63) is 52.7 Å². The Bertz CT molecular complexity index is 2120. The van der Waals surface area contributed by atoms with Crippen molar-refractivity contribution in [2.24, 2.45) is 11.8 Å². The van der Waals surface area contributed by atoms with Gasteiger partial charge in [0.2, 0.25) is 0 Å². The van der Waals surface area contributed by atoms with Crippen LogP contribution in [0.15, 0.2) is 43.0 Å². The van der Waals surface area contributed by atoms with Crippen LogP contribution in [0.1, 0.15) is 178 Å². The maximum absolute atomic E-state index is 15.2. The van der Waals surface area contributed by atoms with E-state index in [2.05, 4.69) is 112 Å². The van der Waals surface area contributed by atoms with Crippen molar-refractivity contribution < 1.29 is 9.59 Å². The Labute approximate surface area is 400 Å². The van der Waals surface area contributed by atoms with Crippen LogP contribution in [0.4, 0.5) is 0 Å². The van der Waals surface area contributed by atoms with Gasteiger partial charge in [0.05, 0.1) is 39.9 Å². The van der Waals surface area contributed by atoms with Crippen LogP contribution < -0.4 is 0 Å². The highest BCUT2D eigenvalue weighted by Crippen LogP contribution is 2.50. The summed E-state index contributed by atoms with van der Waals surface area (Å²) in [6, 6.07) is 8.12. The lowest BCUT2D eigenvalue weighted by Crippen LogP contribution is -2.34. The molecule has 2 aliphatic heterocycles. The molecule has 4 nitrogen and oxygen atoms in total. The standard InChI is InChI=1S/C54H66Br2N2O2S2/c1-5-9-13-17-21-23-27-31-35-43(33-29-25-19-15-11-7-3)41-57-51(45-37-39-47(55)61-45)49-50(53(57)59)52(46-38-40-48(56)62-46)58(54(49)60)42-44(34-30-26-20-16-12-8-4)36-32-28-24-22-18-14-10-6-2/h1,37-40,43-44H,6-8,10-12,14-16,18-20,22,24-26,28-30,32-34,36,41-42H2,2-4H3. The maximum atomic E-state index is 15.2. The second-order valence-corrected chi connectivity index (χ2v) is 21.5. The van der Waals surface area contributed by atoms with Crippen LogP contribution in [-0.2, 0) is 9.59 Å². The number of carbonyl (C=O) groups is 2. The van der Waals surface area contributed by atoms with Crippen LogP contribution in [0.2, 0.25) is 0 Å². The normalized spacial score (nSPS) is 14.1. The monoisotopic (exact) mass is 996 g/mol. The fraction of sp³-hybridized carbons (Fsp3) is 0.556. The molecule has 330 valence electrons. The Morgan fingerprint density at radius 3 is 1.32 bits per heavy atom. The Morgan fingerprint density at radius 1 is 0.516 bits per heavy atom. The second-order valence-electron chi connectivity index (χ2n) is 16.6. The van der Waals surface area contributed by atoms with E-state index < -0.39 is 0 Å². The van der Waals surface area contributed by atoms with Crippen molar-refractivity contribution in [3.8, 4) is 59.7 Å². The topological polar surface area (TPSA) is 40.6 Å². The zero-order valence-electron chi connectivity index (χ0n) is 37.5. The minimum atomic E-state index is -0.147. The number of terminal acetylenes is 1. The molecule has 0 aromatic carbocycles. The Balaban J connectivity index is 1.69. The first-order chi connectivity index (χ1) is 30.3. The van der Waals surface area contributed by atoms with Crippen molar-refractivity contribution in [2.45, 2.75) is 168 Å². The summed E-state index contributed by atoms with van der Waals surface area (Å²) in [5.74, 6) is 24.6. The zero-order chi connectivity index (χ0) is 44.4. The molecule has 0 fully saturated rings. The summed E-state index contributed by atoms with van der Waals surface area (Å²) in [5, 5.41) is 0. The average Bonchev–Trinajstić information content (AvgIpc) is 4.03. The molecule has 4 rings (SSSR count). The first kappa shape index (κ1) is 51.2. The molecule has 62 heavy (non-hydrogen) atoms. The van der Waals surface area contributed by atoms with Gasteiger partial charge in [0, 0.05) is 19.0 Å². The lowest BCUT2D eigenvalue weighted by atomic mass is 9.93. The third-order valence-electron chi connectivity index (χ3n) is 11.7. The van der Waals surface area contributed by atoms with Gasteiger partial charge in [-0.2, -0.15) is 0 Å². The van der Waals surface area contributed by atoms with Gasteiger partial charge in [-0.15, -0.1) is 29.1 Å². The van der Waals surface area contributed by atoms with Crippen molar-refractivity contribution in [2.75, 3.05) is 13.1 Å². The van der Waals surface area contributed by atoms with E-state index in [1.165, 1.54) is 116 Å². The molecule has 2 aromatic rings. The number of nitrogens with zero attached hydrogens (tertiary/aromatic N) is 2. The number of thiophene rings is 2. The number of amides is 2. The Hall–Kier alpha value is -3.42. The van der Waals surface area contributed by atoms with Gasteiger partial charge in [0.1, 0.15) is 0 Å². The SMILES string of the molecule is C#CC#CC#CC#CC#CC(CCCCCCCC)CN1C(=O)C2=C(c3ccc(Br)s3)N(CC(CCCCCCCC)CCCCCCCCCC)C(=O)C2=C1c1ccc(Br)s1. The molecule has 2 aromatic heterocycles. The quantitative estimate of drug-likeness (QED) is 0.0602. The summed E-state index contributed by atoms with van der Waals surface area (Å²) in [6.07, 6.45) is 32.9. The molecule has 0 saturated carbocycles. The van der Waals surface area contributed by atoms with Gasteiger partial charge in [0.15, 0.2) is 0 Å². The van der Waals surface area contributed by atoms with Gasteiger partial charge in [0.25, 0.3) is 11.8 Å². The smallest absolute Gasteiger partial charge is 0.261 e. The molecule has 0 aliphatic carbocycles. The van der Waals surface area contributed by atoms with E-state index in [1.54, 1.807) is 22.7 Å². The molecule has 0 bridgehead atoms. The molecule has 0 radical (unpaired) electrons. The van der Waals surface area contributed by atoms with Crippen molar-refractivity contribution in [1.29, 1.82) is 0 Å². The second kappa shape index (κ2) is 29.9. The number of fused-ring (bicyclic) bond motifs is 1.